The molecule has 0 spiro atoms. The first-order valence-electron chi connectivity index (χ1n) is 7.35. The van der Waals surface area contributed by atoms with Crippen LogP contribution in [-0.4, -0.2) is 28.1 Å². The van der Waals surface area contributed by atoms with E-state index in [0.717, 1.165) is 31.2 Å². The molecular weight excluding hydrogens is 324 g/mol. The summed E-state index contributed by atoms with van der Waals surface area (Å²) in [5.41, 5.74) is 6.66. The molecule has 0 heterocycles. The number of halogens is 1. The summed E-state index contributed by atoms with van der Waals surface area (Å²) in [6.07, 6.45) is 3.98. The molecule has 0 bridgehead atoms. The Bertz CT molecular complexity index is 592. The lowest BCUT2D eigenvalue weighted by Crippen LogP contribution is -2.44. The highest BCUT2D eigenvalue weighted by atomic mass is 35.5. The molecule has 2 rings (SSSR count). The van der Waals surface area contributed by atoms with E-state index in [0.29, 0.717) is 12.3 Å². The maximum absolute atomic E-state index is 12.7. The van der Waals surface area contributed by atoms with Gasteiger partial charge in [-0.2, -0.15) is 0 Å². The summed E-state index contributed by atoms with van der Waals surface area (Å²) >= 11 is 0. The zero-order valence-electron chi connectivity index (χ0n) is 13.0. The zero-order valence-corrected chi connectivity index (χ0v) is 14.7. The summed E-state index contributed by atoms with van der Waals surface area (Å²) in [5, 5.41) is 0. The Balaban J connectivity index is 0.00000242. The molecule has 0 radical (unpaired) electrons. The number of benzene rings is 1. The summed E-state index contributed by atoms with van der Waals surface area (Å²) in [4.78, 5) is 0.200. The van der Waals surface area contributed by atoms with Crippen molar-refractivity contribution in [2.45, 2.75) is 43.5 Å². The van der Waals surface area contributed by atoms with Crippen molar-refractivity contribution < 1.29 is 13.2 Å². The van der Waals surface area contributed by atoms with Crippen molar-refractivity contribution >= 4 is 22.4 Å². The molecule has 0 aliphatic heterocycles. The zero-order chi connectivity index (χ0) is 15.5. The third kappa shape index (κ3) is 4.35. The third-order valence-electron chi connectivity index (χ3n) is 4.13. The monoisotopic (exact) mass is 348 g/mol. The summed E-state index contributed by atoms with van der Waals surface area (Å²) in [7, 11) is -2.12. The Hall–Kier alpha value is -0.820. The fraction of sp³-hybridized carbons (Fsp3) is 0.600. The van der Waals surface area contributed by atoms with Crippen LogP contribution in [0.5, 0.6) is 5.75 Å². The second-order valence-electron chi connectivity index (χ2n) is 5.66. The fourth-order valence-electron chi connectivity index (χ4n) is 2.90. The Morgan fingerprint density at radius 3 is 2.64 bits per heavy atom. The number of ether oxygens (including phenoxy) is 1. The maximum atomic E-state index is 12.7. The van der Waals surface area contributed by atoms with E-state index in [4.69, 9.17) is 10.5 Å². The molecule has 2 unspecified atom stereocenters. The van der Waals surface area contributed by atoms with Crippen LogP contribution in [0, 0.1) is 12.8 Å². The Kier molecular flexibility index (Phi) is 7.12. The highest BCUT2D eigenvalue weighted by Gasteiger charge is 2.30. The molecule has 0 aromatic heterocycles. The standard InChI is InChI=1S/C15H24N2O3S.ClH/c1-11-7-8-14(20-2)15(9-11)21(18,19)17-13-6-4-3-5-12(13)10-16;/h7-9,12-13,17H,3-6,10,16H2,1-2H3;1H. The van der Waals surface area contributed by atoms with Gasteiger partial charge in [0.1, 0.15) is 10.6 Å². The number of hydrogen-bond donors (Lipinski definition) is 2. The number of sulfonamides is 1. The first-order valence-corrected chi connectivity index (χ1v) is 8.83. The lowest BCUT2D eigenvalue weighted by molar-refractivity contribution is 0.295. The van der Waals surface area contributed by atoms with Gasteiger partial charge >= 0.3 is 0 Å². The van der Waals surface area contributed by atoms with Crippen molar-refractivity contribution in [3.8, 4) is 5.75 Å². The van der Waals surface area contributed by atoms with E-state index in [-0.39, 0.29) is 29.3 Å². The van der Waals surface area contributed by atoms with Gasteiger partial charge in [-0.1, -0.05) is 18.9 Å². The van der Waals surface area contributed by atoms with Crippen LogP contribution in [0.15, 0.2) is 23.1 Å². The number of rotatable bonds is 5. The highest BCUT2D eigenvalue weighted by molar-refractivity contribution is 7.89. The quantitative estimate of drug-likeness (QED) is 0.854. The molecule has 1 aliphatic carbocycles. The minimum atomic E-state index is -3.60. The molecule has 0 amide bonds. The van der Waals surface area contributed by atoms with Crippen molar-refractivity contribution in [1.29, 1.82) is 0 Å². The predicted octanol–water partition coefficient (Wildman–Crippen LogP) is 2.22. The molecule has 5 nitrogen and oxygen atoms in total. The van der Waals surface area contributed by atoms with Gasteiger partial charge in [-0.3, -0.25) is 0 Å². The van der Waals surface area contributed by atoms with Gasteiger partial charge in [-0.25, -0.2) is 13.1 Å². The van der Waals surface area contributed by atoms with Gasteiger partial charge in [0.05, 0.1) is 7.11 Å². The van der Waals surface area contributed by atoms with E-state index in [9.17, 15) is 8.42 Å². The smallest absolute Gasteiger partial charge is 0.244 e. The molecular formula is C15H25ClN2O3S. The summed E-state index contributed by atoms with van der Waals surface area (Å²) in [5.74, 6) is 0.581. The first-order chi connectivity index (χ1) is 9.97. The third-order valence-corrected chi connectivity index (χ3v) is 5.64. The van der Waals surface area contributed by atoms with Gasteiger partial charge in [0.15, 0.2) is 0 Å². The average molecular weight is 349 g/mol. The largest absolute Gasteiger partial charge is 0.495 e. The summed E-state index contributed by atoms with van der Waals surface area (Å²) in [6, 6.07) is 5.08. The van der Waals surface area contributed by atoms with Crippen LogP contribution in [0.3, 0.4) is 0 Å². The molecule has 7 heteroatoms. The van der Waals surface area contributed by atoms with E-state index in [1.165, 1.54) is 7.11 Å². The minimum Gasteiger partial charge on any atom is -0.495 e. The summed E-state index contributed by atoms with van der Waals surface area (Å²) in [6.45, 7) is 2.37. The SMILES string of the molecule is COc1ccc(C)cc1S(=O)(=O)NC1CCCCC1CN.Cl. The molecule has 1 aliphatic rings. The normalized spacial score (nSPS) is 22.0. The van der Waals surface area contributed by atoms with E-state index in [2.05, 4.69) is 4.72 Å². The van der Waals surface area contributed by atoms with Crippen LogP contribution >= 0.6 is 12.4 Å². The molecule has 3 N–H and O–H groups in total. The Morgan fingerprint density at radius 2 is 2.00 bits per heavy atom. The Morgan fingerprint density at radius 1 is 1.32 bits per heavy atom. The number of aryl methyl sites for hydroxylation is 1. The molecule has 1 aromatic rings. The highest BCUT2D eigenvalue weighted by Crippen LogP contribution is 2.28. The van der Waals surface area contributed by atoms with Crippen LogP contribution in [0.4, 0.5) is 0 Å². The van der Waals surface area contributed by atoms with Crippen LogP contribution in [-0.2, 0) is 10.0 Å². The molecule has 0 saturated heterocycles. The van der Waals surface area contributed by atoms with Gasteiger partial charge in [0, 0.05) is 6.04 Å². The van der Waals surface area contributed by atoms with Gasteiger partial charge in [0.2, 0.25) is 10.0 Å². The summed E-state index contributed by atoms with van der Waals surface area (Å²) < 4.78 is 33.3. The Labute approximate surface area is 139 Å². The van der Waals surface area contributed by atoms with E-state index in [1.807, 2.05) is 13.0 Å². The fourth-order valence-corrected chi connectivity index (χ4v) is 4.49. The van der Waals surface area contributed by atoms with Crippen LogP contribution in [0.25, 0.3) is 0 Å². The molecule has 1 saturated carbocycles. The molecule has 1 fully saturated rings. The van der Waals surface area contributed by atoms with Crippen LogP contribution in [0.1, 0.15) is 31.2 Å². The molecule has 22 heavy (non-hydrogen) atoms. The maximum Gasteiger partial charge on any atom is 0.244 e. The van der Waals surface area contributed by atoms with E-state index in [1.54, 1.807) is 12.1 Å². The number of methoxy groups -OCH3 is 1. The second-order valence-corrected chi connectivity index (χ2v) is 7.34. The van der Waals surface area contributed by atoms with Gasteiger partial charge in [-0.15, -0.1) is 12.4 Å². The van der Waals surface area contributed by atoms with E-state index < -0.39 is 10.0 Å². The number of nitrogens with two attached hydrogens (primary N) is 1. The average Bonchev–Trinajstić information content (AvgIpc) is 2.47. The second kappa shape index (κ2) is 8.15. The molecule has 2 atom stereocenters. The van der Waals surface area contributed by atoms with Crippen LogP contribution in [0.2, 0.25) is 0 Å². The lowest BCUT2D eigenvalue weighted by atomic mass is 9.85. The van der Waals surface area contributed by atoms with Crippen molar-refractivity contribution in [2.75, 3.05) is 13.7 Å². The van der Waals surface area contributed by atoms with Crippen molar-refractivity contribution in [3.63, 3.8) is 0 Å². The molecule has 1 aromatic carbocycles. The van der Waals surface area contributed by atoms with Crippen molar-refractivity contribution in [2.24, 2.45) is 11.7 Å². The number of nitrogens with one attached hydrogen (secondary N) is 1. The van der Waals surface area contributed by atoms with Crippen molar-refractivity contribution in [3.05, 3.63) is 23.8 Å². The van der Waals surface area contributed by atoms with Gasteiger partial charge in [-0.05, 0) is 49.9 Å². The van der Waals surface area contributed by atoms with Gasteiger partial charge < -0.3 is 10.5 Å². The van der Waals surface area contributed by atoms with Crippen molar-refractivity contribution in [1.82, 2.24) is 4.72 Å². The lowest BCUT2D eigenvalue weighted by Gasteiger charge is -2.31. The number of hydrogen-bond acceptors (Lipinski definition) is 4. The van der Waals surface area contributed by atoms with E-state index >= 15 is 0 Å². The first kappa shape index (κ1) is 19.2. The predicted molar refractivity (Wildman–Crippen MR) is 90.1 cm³/mol. The topological polar surface area (TPSA) is 81.4 Å². The minimum absolute atomic E-state index is 0. The van der Waals surface area contributed by atoms with Crippen LogP contribution < -0.4 is 15.2 Å². The molecule has 126 valence electrons. The van der Waals surface area contributed by atoms with Gasteiger partial charge in [0.25, 0.3) is 0 Å².